The zero-order valence-corrected chi connectivity index (χ0v) is 15.7. The van der Waals surface area contributed by atoms with Crippen LogP contribution in [0.3, 0.4) is 0 Å². The van der Waals surface area contributed by atoms with Crippen LogP contribution >= 0.6 is 0 Å². The third-order valence-electron chi connectivity index (χ3n) is 4.63. The molecule has 0 radical (unpaired) electrons. The summed E-state index contributed by atoms with van der Waals surface area (Å²) >= 11 is 0. The molecule has 1 saturated heterocycles. The Morgan fingerprint density at radius 1 is 1.18 bits per heavy atom. The lowest BCUT2D eigenvalue weighted by Gasteiger charge is -2.16. The van der Waals surface area contributed by atoms with Gasteiger partial charge in [-0.2, -0.15) is 0 Å². The van der Waals surface area contributed by atoms with E-state index in [9.17, 15) is 14.9 Å². The van der Waals surface area contributed by atoms with Crippen molar-refractivity contribution in [1.82, 2.24) is 4.90 Å². The standard InChI is InChI=1S/C20H23N3O5/c1-27-19-14-15(8-9-18(19)28-13-12-22-10-4-5-11-22)21-20(24)16-6-2-3-7-17(16)23(25)26/h2-3,6-9,14H,4-5,10-13H2,1H3,(H,21,24). The summed E-state index contributed by atoms with van der Waals surface area (Å²) in [7, 11) is 1.52. The lowest BCUT2D eigenvalue weighted by atomic mass is 10.1. The first-order valence-electron chi connectivity index (χ1n) is 9.16. The number of amides is 1. The van der Waals surface area contributed by atoms with Crippen molar-refractivity contribution in [2.24, 2.45) is 0 Å². The molecule has 8 nitrogen and oxygen atoms in total. The molecule has 0 aliphatic carbocycles. The first-order valence-corrected chi connectivity index (χ1v) is 9.16. The number of hydrogen-bond donors (Lipinski definition) is 1. The maximum absolute atomic E-state index is 12.4. The van der Waals surface area contributed by atoms with Crippen molar-refractivity contribution >= 4 is 17.3 Å². The van der Waals surface area contributed by atoms with Crippen LogP contribution in [0.2, 0.25) is 0 Å². The Morgan fingerprint density at radius 2 is 1.93 bits per heavy atom. The molecular formula is C20H23N3O5. The zero-order chi connectivity index (χ0) is 19.9. The predicted octanol–water partition coefficient (Wildman–Crippen LogP) is 3.33. The number of anilines is 1. The number of nitro benzene ring substituents is 1. The monoisotopic (exact) mass is 385 g/mol. The van der Waals surface area contributed by atoms with Crippen LogP contribution in [-0.4, -0.2) is 49.1 Å². The molecule has 3 rings (SSSR count). The molecule has 0 spiro atoms. The van der Waals surface area contributed by atoms with Crippen LogP contribution in [-0.2, 0) is 0 Å². The molecule has 0 atom stereocenters. The molecule has 148 valence electrons. The minimum absolute atomic E-state index is 0.00240. The van der Waals surface area contributed by atoms with Crippen LogP contribution in [0, 0.1) is 10.1 Å². The molecule has 0 aromatic heterocycles. The zero-order valence-electron chi connectivity index (χ0n) is 15.7. The molecule has 8 heteroatoms. The van der Waals surface area contributed by atoms with E-state index in [0.717, 1.165) is 19.6 Å². The van der Waals surface area contributed by atoms with E-state index < -0.39 is 10.8 Å². The van der Waals surface area contributed by atoms with Crippen LogP contribution in [0.5, 0.6) is 11.5 Å². The van der Waals surface area contributed by atoms with Gasteiger partial charge in [-0.1, -0.05) is 12.1 Å². The van der Waals surface area contributed by atoms with Gasteiger partial charge in [0, 0.05) is 24.4 Å². The largest absolute Gasteiger partial charge is 0.493 e. The highest BCUT2D eigenvalue weighted by molar-refractivity contribution is 6.07. The number of rotatable bonds is 8. The summed E-state index contributed by atoms with van der Waals surface area (Å²) in [6.45, 7) is 3.63. The highest BCUT2D eigenvalue weighted by Gasteiger charge is 2.20. The molecule has 1 N–H and O–H groups in total. The second kappa shape index (κ2) is 9.18. The van der Waals surface area contributed by atoms with Crippen LogP contribution in [0.15, 0.2) is 42.5 Å². The van der Waals surface area contributed by atoms with E-state index in [4.69, 9.17) is 9.47 Å². The molecule has 0 unspecified atom stereocenters. The van der Waals surface area contributed by atoms with Crippen LogP contribution in [0.4, 0.5) is 11.4 Å². The Kier molecular flexibility index (Phi) is 6.44. The molecule has 2 aromatic rings. The maximum Gasteiger partial charge on any atom is 0.282 e. The minimum Gasteiger partial charge on any atom is -0.493 e. The number of ether oxygens (including phenoxy) is 2. The number of carbonyl (C=O) groups excluding carboxylic acids is 1. The van der Waals surface area contributed by atoms with Gasteiger partial charge in [0.25, 0.3) is 11.6 Å². The number of para-hydroxylation sites is 1. The van der Waals surface area contributed by atoms with E-state index in [1.54, 1.807) is 24.3 Å². The lowest BCUT2D eigenvalue weighted by Crippen LogP contribution is -2.25. The van der Waals surface area contributed by atoms with E-state index in [1.165, 1.54) is 38.2 Å². The third kappa shape index (κ3) is 4.77. The Labute approximate surface area is 163 Å². The number of hydrogen-bond acceptors (Lipinski definition) is 6. The average molecular weight is 385 g/mol. The number of carbonyl (C=O) groups is 1. The van der Waals surface area contributed by atoms with Gasteiger partial charge in [-0.25, -0.2) is 0 Å². The second-order valence-electron chi connectivity index (χ2n) is 6.49. The number of nitrogens with one attached hydrogen (secondary N) is 1. The van der Waals surface area contributed by atoms with Gasteiger partial charge in [0.1, 0.15) is 12.2 Å². The highest BCUT2D eigenvalue weighted by atomic mass is 16.6. The Morgan fingerprint density at radius 3 is 2.64 bits per heavy atom. The van der Waals surface area contributed by atoms with E-state index in [-0.39, 0.29) is 11.3 Å². The quantitative estimate of drug-likeness (QED) is 0.553. The Balaban J connectivity index is 1.66. The highest BCUT2D eigenvalue weighted by Crippen LogP contribution is 2.31. The Bertz CT molecular complexity index is 849. The van der Waals surface area contributed by atoms with Gasteiger partial charge >= 0.3 is 0 Å². The van der Waals surface area contributed by atoms with Crippen molar-refractivity contribution in [2.75, 3.05) is 38.7 Å². The van der Waals surface area contributed by atoms with E-state index in [2.05, 4.69) is 10.2 Å². The smallest absolute Gasteiger partial charge is 0.282 e. The molecule has 2 aromatic carbocycles. The van der Waals surface area contributed by atoms with Crippen molar-refractivity contribution in [1.29, 1.82) is 0 Å². The first-order chi connectivity index (χ1) is 13.6. The third-order valence-corrected chi connectivity index (χ3v) is 4.63. The van der Waals surface area contributed by atoms with Gasteiger partial charge in [0.15, 0.2) is 11.5 Å². The molecule has 28 heavy (non-hydrogen) atoms. The SMILES string of the molecule is COc1cc(NC(=O)c2ccccc2[N+](=O)[O-])ccc1OCCN1CCCC1. The molecule has 0 bridgehead atoms. The number of nitro groups is 1. The molecule has 1 aliphatic rings. The summed E-state index contributed by atoms with van der Waals surface area (Å²) < 4.78 is 11.2. The summed E-state index contributed by atoms with van der Waals surface area (Å²) in [5.41, 5.74) is 0.220. The Hall–Kier alpha value is -3.13. The number of nitrogens with zero attached hydrogens (tertiary/aromatic N) is 2. The van der Waals surface area contributed by atoms with E-state index >= 15 is 0 Å². The van der Waals surface area contributed by atoms with Gasteiger partial charge in [0.05, 0.1) is 12.0 Å². The lowest BCUT2D eigenvalue weighted by molar-refractivity contribution is -0.385. The van der Waals surface area contributed by atoms with E-state index in [0.29, 0.717) is 23.8 Å². The van der Waals surface area contributed by atoms with Gasteiger partial charge in [-0.15, -0.1) is 0 Å². The second-order valence-corrected chi connectivity index (χ2v) is 6.49. The predicted molar refractivity (Wildman–Crippen MR) is 105 cm³/mol. The van der Waals surface area contributed by atoms with Crippen LogP contribution in [0.1, 0.15) is 23.2 Å². The van der Waals surface area contributed by atoms with Crippen molar-refractivity contribution in [2.45, 2.75) is 12.8 Å². The molecule has 1 fully saturated rings. The number of likely N-dealkylation sites (tertiary alicyclic amines) is 1. The molecule has 0 saturated carbocycles. The fourth-order valence-electron chi connectivity index (χ4n) is 3.18. The van der Waals surface area contributed by atoms with Gasteiger partial charge in [-0.05, 0) is 44.1 Å². The normalized spacial score (nSPS) is 13.9. The molecule has 1 aliphatic heterocycles. The van der Waals surface area contributed by atoms with E-state index in [1.807, 2.05) is 0 Å². The van der Waals surface area contributed by atoms with Gasteiger partial charge in [0.2, 0.25) is 0 Å². The van der Waals surface area contributed by atoms with Crippen LogP contribution in [0.25, 0.3) is 0 Å². The summed E-state index contributed by atoms with van der Waals surface area (Å²) in [6, 6.07) is 10.9. The molecule has 1 heterocycles. The summed E-state index contributed by atoms with van der Waals surface area (Å²) in [6.07, 6.45) is 2.47. The number of methoxy groups -OCH3 is 1. The molecular weight excluding hydrogens is 362 g/mol. The summed E-state index contributed by atoms with van der Waals surface area (Å²) in [5, 5.41) is 13.8. The first kappa shape index (κ1) is 19.6. The fourth-order valence-corrected chi connectivity index (χ4v) is 3.18. The topological polar surface area (TPSA) is 93.9 Å². The van der Waals surface area contributed by atoms with Crippen molar-refractivity contribution in [3.05, 3.63) is 58.1 Å². The van der Waals surface area contributed by atoms with Crippen molar-refractivity contribution < 1.29 is 19.2 Å². The van der Waals surface area contributed by atoms with Crippen molar-refractivity contribution in [3.63, 3.8) is 0 Å². The summed E-state index contributed by atoms with van der Waals surface area (Å²) in [4.78, 5) is 25.3. The fraction of sp³-hybridized carbons (Fsp3) is 0.350. The van der Waals surface area contributed by atoms with Crippen LogP contribution < -0.4 is 14.8 Å². The summed E-state index contributed by atoms with van der Waals surface area (Å²) in [5.74, 6) is 0.518. The average Bonchev–Trinajstić information content (AvgIpc) is 3.22. The van der Waals surface area contributed by atoms with Gasteiger partial charge in [-0.3, -0.25) is 19.8 Å². The minimum atomic E-state index is -0.577. The number of benzene rings is 2. The molecule has 1 amide bonds. The van der Waals surface area contributed by atoms with Crippen molar-refractivity contribution in [3.8, 4) is 11.5 Å². The van der Waals surface area contributed by atoms with Gasteiger partial charge < -0.3 is 14.8 Å². The maximum atomic E-state index is 12.4.